The molecule has 0 saturated heterocycles. The lowest BCUT2D eigenvalue weighted by Crippen LogP contribution is -2.32. The Balaban J connectivity index is 1.90. The van der Waals surface area contributed by atoms with E-state index in [4.69, 9.17) is 16.7 Å². The molecule has 0 aliphatic heterocycles. The van der Waals surface area contributed by atoms with Crippen LogP contribution in [0.1, 0.15) is 5.56 Å². The number of hydrazone groups is 1. The quantitative estimate of drug-likeness (QED) is 0.199. The van der Waals surface area contributed by atoms with Crippen molar-refractivity contribution in [2.24, 2.45) is 16.8 Å². The molecule has 7 nitrogen and oxygen atoms in total. The van der Waals surface area contributed by atoms with Gasteiger partial charge in [0.2, 0.25) is 0 Å². The highest BCUT2D eigenvalue weighted by atomic mass is 15.3. The van der Waals surface area contributed by atoms with E-state index in [1.807, 2.05) is 66.9 Å². The van der Waals surface area contributed by atoms with Crippen molar-refractivity contribution in [3.8, 4) is 0 Å². The number of hydrogen-bond donors (Lipinski definition) is 4. The number of nitrogens with two attached hydrogens (primary N) is 2. The number of nitrogens with one attached hydrogen (secondary N) is 2. The van der Waals surface area contributed by atoms with E-state index in [1.54, 1.807) is 0 Å². The average Bonchev–Trinajstić information content (AvgIpc) is 3.14. The second-order valence-corrected chi connectivity index (χ2v) is 5.54. The van der Waals surface area contributed by atoms with Gasteiger partial charge in [0.25, 0.3) is 0 Å². The van der Waals surface area contributed by atoms with Crippen molar-refractivity contribution in [3.63, 3.8) is 0 Å². The number of fused-ring (bicyclic) bond motifs is 3. The van der Waals surface area contributed by atoms with Crippen LogP contribution in [-0.4, -0.2) is 15.2 Å². The van der Waals surface area contributed by atoms with E-state index in [0.29, 0.717) is 5.84 Å². The number of benzene rings is 2. The van der Waals surface area contributed by atoms with Crippen molar-refractivity contribution in [2.45, 2.75) is 0 Å². The highest BCUT2D eigenvalue weighted by Crippen LogP contribution is 2.25. The normalized spacial score (nSPS) is 11.8. The molecule has 0 atom stereocenters. The van der Waals surface area contributed by atoms with E-state index >= 15 is 0 Å². The Hall–Kier alpha value is -3.58. The number of aromatic nitrogens is 2. The molecular weight excluding hydrogens is 314 g/mol. The number of hydrogen-bond acceptors (Lipinski definition) is 5. The zero-order valence-corrected chi connectivity index (χ0v) is 13.3. The Morgan fingerprint density at radius 1 is 1.00 bits per heavy atom. The molecule has 6 N–H and O–H groups in total. The molecule has 0 saturated carbocycles. The van der Waals surface area contributed by atoms with Gasteiger partial charge in [0.05, 0.1) is 16.6 Å². The summed E-state index contributed by atoms with van der Waals surface area (Å²) in [6, 6.07) is 19.7. The third-order valence-corrected chi connectivity index (χ3v) is 4.03. The molecule has 4 aromatic rings. The van der Waals surface area contributed by atoms with Crippen molar-refractivity contribution in [1.82, 2.24) is 14.8 Å². The van der Waals surface area contributed by atoms with Crippen LogP contribution < -0.4 is 22.4 Å². The first kappa shape index (κ1) is 15.0. The second kappa shape index (κ2) is 6.14. The lowest BCUT2D eigenvalue weighted by Gasteiger charge is -2.12. The lowest BCUT2D eigenvalue weighted by molar-refractivity contribution is 1.00. The van der Waals surface area contributed by atoms with Crippen molar-refractivity contribution in [2.75, 3.05) is 5.32 Å². The van der Waals surface area contributed by atoms with Crippen LogP contribution in [0, 0.1) is 0 Å². The molecule has 0 radical (unpaired) electrons. The molecule has 2 aromatic heterocycles. The molecule has 0 unspecified atom stereocenters. The summed E-state index contributed by atoms with van der Waals surface area (Å²) in [7, 11) is 0. The molecule has 7 heteroatoms. The van der Waals surface area contributed by atoms with Gasteiger partial charge in [0.1, 0.15) is 0 Å². The summed E-state index contributed by atoms with van der Waals surface area (Å²) in [4.78, 5) is 4.79. The first-order chi connectivity index (χ1) is 12.3. The van der Waals surface area contributed by atoms with Crippen LogP contribution >= 0.6 is 0 Å². The van der Waals surface area contributed by atoms with Crippen LogP contribution in [0.4, 0.5) is 11.5 Å². The standard InChI is InChI=1S/C18H17N7/c19-23-17(24-20)12-8-9-15-14(11-12)22-18(16-7-4-10-25(15)16)21-13-5-2-1-3-6-13/h1-11H,19-20H2,(H,21,22)(H,23,24). The molecule has 124 valence electrons. The lowest BCUT2D eigenvalue weighted by atomic mass is 10.1. The van der Waals surface area contributed by atoms with E-state index in [1.165, 1.54) is 0 Å². The van der Waals surface area contributed by atoms with Crippen LogP contribution in [0.15, 0.2) is 72.0 Å². The van der Waals surface area contributed by atoms with Crippen LogP contribution in [0.25, 0.3) is 16.6 Å². The molecule has 4 rings (SSSR count). The van der Waals surface area contributed by atoms with Crippen LogP contribution in [0.3, 0.4) is 0 Å². The van der Waals surface area contributed by atoms with Crippen LogP contribution in [0.2, 0.25) is 0 Å². The summed E-state index contributed by atoms with van der Waals surface area (Å²) in [5, 5.41) is 7.03. The molecule has 0 amide bonds. The fourth-order valence-electron chi connectivity index (χ4n) is 2.87. The molecule has 0 fully saturated rings. The maximum Gasteiger partial charge on any atom is 0.166 e. The van der Waals surface area contributed by atoms with E-state index in [2.05, 4.69) is 20.2 Å². The van der Waals surface area contributed by atoms with Gasteiger partial charge in [0.15, 0.2) is 11.7 Å². The Morgan fingerprint density at radius 3 is 2.60 bits per heavy atom. The zero-order valence-electron chi connectivity index (χ0n) is 13.3. The SMILES string of the molecule is N/N=C(\NN)c1ccc2c(c1)nc(Nc1ccccc1)c1cccn12. The summed E-state index contributed by atoms with van der Waals surface area (Å²) in [6.45, 7) is 0. The van der Waals surface area contributed by atoms with E-state index < -0.39 is 0 Å². The fourth-order valence-corrected chi connectivity index (χ4v) is 2.87. The van der Waals surface area contributed by atoms with Gasteiger partial charge in [-0.1, -0.05) is 18.2 Å². The van der Waals surface area contributed by atoms with E-state index in [-0.39, 0.29) is 0 Å². The summed E-state index contributed by atoms with van der Waals surface area (Å²) in [5.74, 6) is 12.0. The predicted octanol–water partition coefficient (Wildman–Crippen LogP) is 2.31. The minimum absolute atomic E-state index is 0.397. The van der Waals surface area contributed by atoms with Gasteiger partial charge in [-0.25, -0.2) is 10.8 Å². The monoisotopic (exact) mass is 331 g/mol. The van der Waals surface area contributed by atoms with Crippen molar-refractivity contribution >= 4 is 33.9 Å². The van der Waals surface area contributed by atoms with Gasteiger partial charge in [-0.05, 0) is 42.5 Å². The summed E-state index contributed by atoms with van der Waals surface area (Å²) < 4.78 is 2.09. The maximum atomic E-state index is 5.47. The molecule has 0 spiro atoms. The number of nitrogens with zero attached hydrogens (tertiary/aromatic N) is 3. The summed E-state index contributed by atoms with van der Waals surface area (Å²) in [5.41, 5.74) is 7.01. The van der Waals surface area contributed by atoms with Gasteiger partial charge in [-0.15, -0.1) is 0 Å². The van der Waals surface area contributed by atoms with Gasteiger partial charge in [-0.2, -0.15) is 5.10 Å². The number of rotatable bonds is 3. The highest BCUT2D eigenvalue weighted by molar-refractivity contribution is 6.01. The number of hydrazine groups is 1. The molecular formula is C18H17N7. The Labute approximate surface area is 143 Å². The second-order valence-electron chi connectivity index (χ2n) is 5.54. The molecule has 25 heavy (non-hydrogen) atoms. The summed E-state index contributed by atoms with van der Waals surface area (Å²) in [6.07, 6.45) is 2.01. The van der Waals surface area contributed by atoms with Gasteiger partial charge in [-0.3, -0.25) is 0 Å². The molecule has 0 aliphatic carbocycles. The van der Waals surface area contributed by atoms with Gasteiger partial charge >= 0.3 is 0 Å². The number of para-hydroxylation sites is 1. The van der Waals surface area contributed by atoms with Gasteiger partial charge < -0.3 is 21.0 Å². The molecule has 2 heterocycles. The van der Waals surface area contributed by atoms with E-state index in [0.717, 1.165) is 33.6 Å². The highest BCUT2D eigenvalue weighted by Gasteiger charge is 2.10. The fraction of sp³-hybridized carbons (Fsp3) is 0. The minimum atomic E-state index is 0.397. The van der Waals surface area contributed by atoms with Crippen molar-refractivity contribution in [3.05, 3.63) is 72.4 Å². The Bertz CT molecular complexity index is 1070. The number of anilines is 2. The van der Waals surface area contributed by atoms with Crippen LogP contribution in [-0.2, 0) is 0 Å². The first-order valence-electron chi connectivity index (χ1n) is 7.78. The molecule has 0 aliphatic rings. The average molecular weight is 331 g/mol. The predicted molar refractivity (Wildman–Crippen MR) is 100 cm³/mol. The molecule has 2 aromatic carbocycles. The van der Waals surface area contributed by atoms with E-state index in [9.17, 15) is 0 Å². The third kappa shape index (κ3) is 2.62. The zero-order chi connectivity index (χ0) is 17.2. The van der Waals surface area contributed by atoms with Gasteiger partial charge in [0, 0.05) is 17.4 Å². The third-order valence-electron chi connectivity index (χ3n) is 4.03. The number of amidine groups is 1. The summed E-state index contributed by atoms with van der Waals surface area (Å²) >= 11 is 0. The van der Waals surface area contributed by atoms with Crippen molar-refractivity contribution in [1.29, 1.82) is 0 Å². The van der Waals surface area contributed by atoms with Crippen LogP contribution in [0.5, 0.6) is 0 Å². The topological polar surface area (TPSA) is 106 Å². The Morgan fingerprint density at radius 2 is 1.84 bits per heavy atom. The first-order valence-corrected chi connectivity index (χ1v) is 7.78. The smallest absolute Gasteiger partial charge is 0.166 e. The minimum Gasteiger partial charge on any atom is -0.338 e. The largest absolute Gasteiger partial charge is 0.338 e. The maximum absolute atomic E-state index is 5.47. The Kier molecular flexibility index (Phi) is 3.68. The molecule has 0 bridgehead atoms. The van der Waals surface area contributed by atoms with Crippen molar-refractivity contribution < 1.29 is 0 Å².